The van der Waals surface area contributed by atoms with E-state index in [0.29, 0.717) is 29.6 Å². The van der Waals surface area contributed by atoms with Crippen molar-refractivity contribution >= 4 is 34.8 Å². The first-order valence-electron chi connectivity index (χ1n) is 8.72. The van der Waals surface area contributed by atoms with E-state index < -0.39 is 0 Å². The summed E-state index contributed by atoms with van der Waals surface area (Å²) in [6.45, 7) is 4.13. The summed E-state index contributed by atoms with van der Waals surface area (Å²) in [5.74, 6) is -0.192. The van der Waals surface area contributed by atoms with Crippen molar-refractivity contribution in [3.63, 3.8) is 0 Å². The number of benzene rings is 1. The molecule has 1 aliphatic carbocycles. The molecular formula is C20H20N4O2S. The molecule has 0 aliphatic heterocycles. The van der Waals surface area contributed by atoms with Crippen molar-refractivity contribution < 1.29 is 9.59 Å². The van der Waals surface area contributed by atoms with Crippen LogP contribution in [0.15, 0.2) is 41.6 Å². The number of amides is 1. The predicted molar refractivity (Wildman–Crippen MR) is 106 cm³/mol. The minimum atomic E-state index is -0.267. The summed E-state index contributed by atoms with van der Waals surface area (Å²) in [4.78, 5) is 30.6. The maximum atomic E-state index is 12.8. The molecule has 0 bridgehead atoms. The van der Waals surface area contributed by atoms with E-state index in [-0.39, 0.29) is 17.1 Å². The zero-order chi connectivity index (χ0) is 19.2. The van der Waals surface area contributed by atoms with Crippen LogP contribution in [0.2, 0.25) is 0 Å². The van der Waals surface area contributed by atoms with Crippen LogP contribution >= 0.6 is 11.8 Å². The number of thioether (sulfide) groups is 1. The largest absolute Gasteiger partial charge is 0.322 e. The van der Waals surface area contributed by atoms with Gasteiger partial charge in [0.05, 0.1) is 17.5 Å². The molecular weight excluding hydrogens is 360 g/mol. The lowest BCUT2D eigenvalue weighted by Crippen LogP contribution is -2.29. The Hall–Kier alpha value is -2.67. The highest BCUT2D eigenvalue weighted by molar-refractivity contribution is 7.98. The SMILES string of the molecule is CSc1cccc(NC(=O)c2cnn3c4c(cnc23)C(=O)CC(C)(C)C4)c1. The van der Waals surface area contributed by atoms with Crippen molar-refractivity contribution in [2.24, 2.45) is 5.41 Å². The highest BCUT2D eigenvalue weighted by Crippen LogP contribution is 2.34. The summed E-state index contributed by atoms with van der Waals surface area (Å²) in [5.41, 5.74) is 2.88. The third-order valence-electron chi connectivity index (χ3n) is 4.78. The average Bonchev–Trinajstić information content (AvgIpc) is 3.05. The van der Waals surface area contributed by atoms with Crippen molar-refractivity contribution in [3.8, 4) is 0 Å². The minimum Gasteiger partial charge on any atom is -0.322 e. The number of Topliss-reactive ketones (excluding diaryl/α,β-unsaturated/α-hetero) is 1. The number of ketones is 1. The number of carbonyl (C=O) groups excluding carboxylic acids is 2. The lowest BCUT2D eigenvalue weighted by atomic mass is 9.76. The predicted octanol–water partition coefficient (Wildman–Crippen LogP) is 3.86. The number of fused-ring (bicyclic) bond motifs is 3. The van der Waals surface area contributed by atoms with Gasteiger partial charge in [-0.05, 0) is 36.3 Å². The van der Waals surface area contributed by atoms with E-state index in [1.807, 2.05) is 30.5 Å². The van der Waals surface area contributed by atoms with Crippen LogP contribution in [-0.4, -0.2) is 32.5 Å². The Morgan fingerprint density at radius 2 is 2.07 bits per heavy atom. The van der Waals surface area contributed by atoms with Gasteiger partial charge in [0.15, 0.2) is 11.4 Å². The quantitative estimate of drug-likeness (QED) is 0.698. The molecule has 2 aromatic heterocycles. The van der Waals surface area contributed by atoms with E-state index in [9.17, 15) is 9.59 Å². The molecule has 27 heavy (non-hydrogen) atoms. The summed E-state index contributed by atoms with van der Waals surface area (Å²) in [6.07, 6.45) is 6.29. The lowest BCUT2D eigenvalue weighted by molar-refractivity contribution is 0.0908. The van der Waals surface area contributed by atoms with Gasteiger partial charge >= 0.3 is 0 Å². The number of carbonyl (C=O) groups is 2. The fourth-order valence-electron chi connectivity index (χ4n) is 3.49. The highest BCUT2D eigenvalue weighted by Gasteiger charge is 2.33. The Morgan fingerprint density at radius 3 is 2.85 bits per heavy atom. The Morgan fingerprint density at radius 1 is 1.26 bits per heavy atom. The average molecular weight is 380 g/mol. The zero-order valence-corrected chi connectivity index (χ0v) is 16.3. The zero-order valence-electron chi connectivity index (χ0n) is 15.4. The van der Waals surface area contributed by atoms with Crippen LogP contribution in [0.3, 0.4) is 0 Å². The molecule has 2 heterocycles. The van der Waals surface area contributed by atoms with E-state index in [4.69, 9.17) is 0 Å². The topological polar surface area (TPSA) is 76.4 Å². The Balaban J connectivity index is 1.71. The number of hydrogen-bond acceptors (Lipinski definition) is 5. The van der Waals surface area contributed by atoms with Gasteiger partial charge in [-0.15, -0.1) is 11.8 Å². The molecule has 0 atom stereocenters. The van der Waals surface area contributed by atoms with Crippen molar-refractivity contribution in [2.75, 3.05) is 11.6 Å². The molecule has 3 aromatic rings. The number of anilines is 1. The Labute approximate surface area is 161 Å². The Kier molecular flexibility index (Phi) is 4.26. The summed E-state index contributed by atoms with van der Waals surface area (Å²) in [7, 11) is 0. The van der Waals surface area contributed by atoms with Crippen molar-refractivity contribution in [1.29, 1.82) is 0 Å². The minimum absolute atomic E-state index is 0.0750. The van der Waals surface area contributed by atoms with Gasteiger partial charge in [0, 0.05) is 23.2 Å². The molecule has 0 radical (unpaired) electrons. The van der Waals surface area contributed by atoms with Crippen LogP contribution in [0.4, 0.5) is 5.69 Å². The van der Waals surface area contributed by atoms with E-state index in [1.54, 1.807) is 22.5 Å². The first kappa shape index (κ1) is 17.7. The fourth-order valence-corrected chi connectivity index (χ4v) is 3.95. The molecule has 0 spiro atoms. The molecule has 0 saturated heterocycles. The number of nitrogens with zero attached hydrogens (tertiary/aromatic N) is 3. The Bertz CT molecular complexity index is 1070. The van der Waals surface area contributed by atoms with Gasteiger partial charge in [-0.2, -0.15) is 5.10 Å². The van der Waals surface area contributed by atoms with Gasteiger partial charge in [0.1, 0.15) is 5.56 Å². The molecule has 7 heteroatoms. The van der Waals surface area contributed by atoms with E-state index in [2.05, 4.69) is 29.2 Å². The monoisotopic (exact) mass is 380 g/mol. The number of hydrogen-bond donors (Lipinski definition) is 1. The van der Waals surface area contributed by atoms with E-state index in [0.717, 1.165) is 16.3 Å². The second-order valence-electron chi connectivity index (χ2n) is 7.54. The molecule has 1 amide bonds. The normalized spacial score (nSPS) is 15.6. The van der Waals surface area contributed by atoms with E-state index >= 15 is 0 Å². The molecule has 1 aromatic carbocycles. The van der Waals surface area contributed by atoms with Gasteiger partial charge in [0.25, 0.3) is 5.91 Å². The molecule has 1 aliphatic rings. The van der Waals surface area contributed by atoms with Crippen LogP contribution in [0.5, 0.6) is 0 Å². The summed E-state index contributed by atoms with van der Waals surface area (Å²) in [5, 5.41) is 7.27. The van der Waals surface area contributed by atoms with Crippen molar-refractivity contribution in [2.45, 2.75) is 31.6 Å². The van der Waals surface area contributed by atoms with Gasteiger partial charge in [0.2, 0.25) is 0 Å². The molecule has 0 unspecified atom stereocenters. The summed E-state index contributed by atoms with van der Waals surface area (Å²) >= 11 is 1.61. The van der Waals surface area contributed by atoms with Crippen LogP contribution in [0.1, 0.15) is 46.7 Å². The first-order valence-corrected chi connectivity index (χ1v) is 9.95. The van der Waals surface area contributed by atoms with Gasteiger partial charge < -0.3 is 5.32 Å². The second kappa shape index (κ2) is 6.49. The smallest absolute Gasteiger partial charge is 0.261 e. The highest BCUT2D eigenvalue weighted by atomic mass is 32.2. The number of nitrogens with one attached hydrogen (secondary N) is 1. The van der Waals surface area contributed by atoms with E-state index in [1.165, 1.54) is 6.20 Å². The van der Waals surface area contributed by atoms with Crippen LogP contribution in [0, 0.1) is 5.41 Å². The molecule has 0 fully saturated rings. The molecule has 138 valence electrons. The number of rotatable bonds is 3. The van der Waals surface area contributed by atoms with Crippen LogP contribution in [-0.2, 0) is 6.42 Å². The van der Waals surface area contributed by atoms with Crippen molar-refractivity contribution in [3.05, 3.63) is 53.5 Å². The first-order chi connectivity index (χ1) is 12.9. The van der Waals surface area contributed by atoms with Crippen molar-refractivity contribution in [1.82, 2.24) is 14.6 Å². The van der Waals surface area contributed by atoms with Gasteiger partial charge in [-0.1, -0.05) is 19.9 Å². The maximum absolute atomic E-state index is 12.8. The van der Waals surface area contributed by atoms with Gasteiger partial charge in [-0.25, -0.2) is 9.50 Å². The summed E-state index contributed by atoms with van der Waals surface area (Å²) in [6, 6.07) is 7.66. The molecule has 0 saturated carbocycles. The lowest BCUT2D eigenvalue weighted by Gasteiger charge is -2.29. The molecule has 1 N–H and O–H groups in total. The van der Waals surface area contributed by atoms with Crippen LogP contribution in [0.25, 0.3) is 5.65 Å². The third-order valence-corrected chi connectivity index (χ3v) is 5.51. The number of aromatic nitrogens is 3. The molecule has 4 rings (SSSR count). The standard InChI is InChI=1S/C20H20N4O2S/c1-20(2)8-16-14(17(25)9-20)10-21-18-15(11-22-24(16)18)19(26)23-12-5-4-6-13(7-12)27-3/h4-7,10-11H,8-9H2,1-3H3,(H,23,26). The third kappa shape index (κ3) is 3.23. The summed E-state index contributed by atoms with van der Waals surface area (Å²) < 4.78 is 1.64. The van der Waals surface area contributed by atoms with Gasteiger partial charge in [-0.3, -0.25) is 9.59 Å². The second-order valence-corrected chi connectivity index (χ2v) is 8.42. The van der Waals surface area contributed by atoms with Crippen LogP contribution < -0.4 is 5.32 Å². The maximum Gasteiger partial charge on any atom is 0.261 e. The fraction of sp³-hybridized carbons (Fsp3) is 0.300. The molecule has 6 nitrogen and oxygen atoms in total.